The van der Waals surface area contributed by atoms with Gasteiger partial charge in [0.2, 0.25) is 0 Å². The Morgan fingerprint density at radius 2 is 2.18 bits per heavy atom. The number of fused-ring (bicyclic) bond motifs is 2. The number of hydrogen-bond donors (Lipinski definition) is 1. The smallest absolute Gasteiger partial charge is 0.307 e. The Hall–Kier alpha value is -3.29. The Balaban J connectivity index is 2.10. The summed E-state index contributed by atoms with van der Waals surface area (Å²) in [5, 5.41) is 13.6. The fourth-order valence-electron chi connectivity index (χ4n) is 3.77. The molecule has 0 saturated carbocycles. The number of aryl methyl sites for hydroxylation is 1. The van der Waals surface area contributed by atoms with Crippen LogP contribution in [0.25, 0.3) is 16.9 Å². The number of aromatic nitrogens is 3. The Morgan fingerprint density at radius 1 is 1.39 bits per heavy atom. The summed E-state index contributed by atoms with van der Waals surface area (Å²) >= 11 is 0. The lowest BCUT2D eigenvalue weighted by Crippen LogP contribution is -2.14. The second-order valence-electron chi connectivity index (χ2n) is 6.84. The highest BCUT2D eigenvalue weighted by atomic mass is 19.1. The van der Waals surface area contributed by atoms with Crippen LogP contribution in [0.15, 0.2) is 12.1 Å². The number of benzene rings is 1. The van der Waals surface area contributed by atoms with Crippen LogP contribution in [0.2, 0.25) is 0 Å². The van der Waals surface area contributed by atoms with Crippen molar-refractivity contribution in [2.24, 2.45) is 0 Å². The van der Waals surface area contributed by atoms with Crippen LogP contribution < -0.4 is 4.74 Å². The van der Waals surface area contributed by atoms with Crippen molar-refractivity contribution in [1.82, 2.24) is 14.6 Å². The van der Waals surface area contributed by atoms with E-state index < -0.39 is 11.8 Å². The molecule has 0 bridgehead atoms. The SMILES string of the molecule is Cc1nc2cc(C=O)nn2c(-c2cc(F)c3c(c2C)CCCO3)c1CC(=O)O. The second-order valence-corrected chi connectivity index (χ2v) is 6.84. The van der Waals surface area contributed by atoms with E-state index in [0.29, 0.717) is 47.5 Å². The topological polar surface area (TPSA) is 93.8 Å². The molecule has 1 aliphatic rings. The molecule has 1 aromatic carbocycles. The first kappa shape index (κ1) is 18.1. The van der Waals surface area contributed by atoms with Gasteiger partial charge in [0.15, 0.2) is 23.5 Å². The zero-order valence-electron chi connectivity index (χ0n) is 15.5. The summed E-state index contributed by atoms with van der Waals surface area (Å²) in [7, 11) is 0. The van der Waals surface area contributed by atoms with E-state index in [0.717, 1.165) is 17.5 Å². The molecule has 0 amide bonds. The highest BCUT2D eigenvalue weighted by Crippen LogP contribution is 2.38. The van der Waals surface area contributed by atoms with Crippen molar-refractivity contribution in [2.75, 3.05) is 6.61 Å². The van der Waals surface area contributed by atoms with Crippen LogP contribution in [-0.4, -0.2) is 38.6 Å². The first-order chi connectivity index (χ1) is 13.4. The van der Waals surface area contributed by atoms with Crippen molar-refractivity contribution in [3.8, 4) is 17.0 Å². The fraction of sp³-hybridized carbons (Fsp3) is 0.300. The van der Waals surface area contributed by atoms with Crippen LogP contribution in [0.4, 0.5) is 4.39 Å². The van der Waals surface area contributed by atoms with Crippen molar-refractivity contribution >= 4 is 17.9 Å². The number of carboxylic acids is 1. The molecular formula is C20H18FN3O4. The average molecular weight is 383 g/mol. The number of ether oxygens (including phenoxy) is 1. The minimum absolute atomic E-state index is 0.167. The maximum atomic E-state index is 14.8. The number of aliphatic carboxylic acids is 1. The molecule has 0 spiro atoms. The predicted octanol–water partition coefficient (Wildman–Crippen LogP) is 2.92. The number of aldehydes is 1. The molecule has 0 radical (unpaired) electrons. The molecule has 28 heavy (non-hydrogen) atoms. The van der Waals surface area contributed by atoms with Crippen LogP contribution in [0.1, 0.15) is 39.3 Å². The molecule has 0 aliphatic carbocycles. The Bertz CT molecular complexity index is 1140. The van der Waals surface area contributed by atoms with Crippen LogP contribution >= 0.6 is 0 Å². The molecule has 144 valence electrons. The quantitative estimate of drug-likeness (QED) is 0.696. The molecule has 3 heterocycles. The third-order valence-electron chi connectivity index (χ3n) is 5.07. The highest BCUT2D eigenvalue weighted by molar-refractivity contribution is 5.80. The van der Waals surface area contributed by atoms with Crippen molar-refractivity contribution in [1.29, 1.82) is 0 Å². The molecule has 4 rings (SSSR count). The van der Waals surface area contributed by atoms with E-state index in [4.69, 9.17) is 4.74 Å². The summed E-state index contributed by atoms with van der Waals surface area (Å²) in [6.45, 7) is 4.02. The van der Waals surface area contributed by atoms with Crippen LogP contribution in [0.3, 0.4) is 0 Å². The third-order valence-corrected chi connectivity index (χ3v) is 5.07. The molecule has 8 heteroatoms. The first-order valence-corrected chi connectivity index (χ1v) is 8.92. The lowest BCUT2D eigenvalue weighted by molar-refractivity contribution is -0.136. The molecular weight excluding hydrogens is 365 g/mol. The number of nitrogens with zero attached hydrogens (tertiary/aromatic N) is 3. The van der Waals surface area contributed by atoms with E-state index in [1.54, 1.807) is 6.92 Å². The molecule has 0 fully saturated rings. The predicted molar refractivity (Wildman–Crippen MR) is 98.4 cm³/mol. The van der Waals surface area contributed by atoms with E-state index in [1.807, 2.05) is 6.92 Å². The normalized spacial score (nSPS) is 13.2. The van der Waals surface area contributed by atoms with Crippen molar-refractivity contribution in [2.45, 2.75) is 33.1 Å². The Labute approximate surface area is 159 Å². The number of hydrogen-bond acceptors (Lipinski definition) is 5. The monoisotopic (exact) mass is 383 g/mol. The summed E-state index contributed by atoms with van der Waals surface area (Å²) in [5.74, 6) is -1.28. The summed E-state index contributed by atoms with van der Waals surface area (Å²) in [4.78, 5) is 27.1. The molecule has 1 N–H and O–H groups in total. The van der Waals surface area contributed by atoms with Gasteiger partial charge in [0.05, 0.1) is 18.7 Å². The summed E-state index contributed by atoms with van der Waals surface area (Å²) in [5.41, 5.74) is 4.02. The minimum atomic E-state index is -1.03. The zero-order chi connectivity index (χ0) is 20.0. The van der Waals surface area contributed by atoms with Crippen LogP contribution in [-0.2, 0) is 17.6 Å². The van der Waals surface area contributed by atoms with Gasteiger partial charge in [0, 0.05) is 28.5 Å². The van der Waals surface area contributed by atoms with Gasteiger partial charge >= 0.3 is 5.97 Å². The zero-order valence-corrected chi connectivity index (χ0v) is 15.5. The van der Waals surface area contributed by atoms with Gasteiger partial charge in [-0.25, -0.2) is 13.9 Å². The van der Waals surface area contributed by atoms with E-state index in [9.17, 15) is 19.1 Å². The molecule has 3 aromatic rings. The highest BCUT2D eigenvalue weighted by Gasteiger charge is 2.25. The van der Waals surface area contributed by atoms with E-state index in [-0.39, 0.29) is 17.9 Å². The Kier molecular flexibility index (Phi) is 4.33. The number of carboxylic acid groups (broad SMARTS) is 1. The standard InChI is InChI=1S/C20H18FN3O4/c1-10-13-4-3-5-28-20(13)16(21)7-14(10)19-15(8-18(26)27)11(2)22-17-6-12(9-25)23-24(17)19/h6-7,9H,3-5,8H2,1-2H3,(H,26,27). The maximum absolute atomic E-state index is 14.8. The van der Waals surface area contributed by atoms with E-state index in [1.165, 1.54) is 16.6 Å². The van der Waals surface area contributed by atoms with E-state index in [2.05, 4.69) is 10.1 Å². The van der Waals surface area contributed by atoms with Gasteiger partial charge in [-0.1, -0.05) is 0 Å². The summed E-state index contributed by atoms with van der Waals surface area (Å²) in [6, 6.07) is 2.86. The molecule has 0 saturated heterocycles. The van der Waals surface area contributed by atoms with Gasteiger partial charge < -0.3 is 9.84 Å². The maximum Gasteiger partial charge on any atom is 0.307 e. The Morgan fingerprint density at radius 3 is 2.89 bits per heavy atom. The van der Waals surface area contributed by atoms with Gasteiger partial charge in [-0.2, -0.15) is 5.10 Å². The second kappa shape index (κ2) is 6.70. The lowest BCUT2D eigenvalue weighted by Gasteiger charge is -2.23. The van der Waals surface area contributed by atoms with Crippen molar-refractivity contribution in [3.63, 3.8) is 0 Å². The third kappa shape index (κ3) is 2.81. The number of halogens is 1. The van der Waals surface area contributed by atoms with Gasteiger partial charge in [-0.3, -0.25) is 9.59 Å². The van der Waals surface area contributed by atoms with Gasteiger partial charge in [0.1, 0.15) is 5.69 Å². The number of carbonyl (C=O) groups excluding carboxylic acids is 1. The molecule has 0 unspecified atom stereocenters. The van der Waals surface area contributed by atoms with Crippen molar-refractivity contribution in [3.05, 3.63) is 46.0 Å². The average Bonchev–Trinajstić information content (AvgIpc) is 3.08. The molecule has 0 atom stereocenters. The minimum Gasteiger partial charge on any atom is -0.490 e. The fourth-order valence-corrected chi connectivity index (χ4v) is 3.77. The molecule has 7 nitrogen and oxygen atoms in total. The summed E-state index contributed by atoms with van der Waals surface area (Å²) in [6.07, 6.45) is 1.75. The number of carbonyl (C=O) groups is 2. The molecule has 2 aromatic heterocycles. The van der Waals surface area contributed by atoms with Gasteiger partial charge in [-0.05, 0) is 38.3 Å². The first-order valence-electron chi connectivity index (χ1n) is 8.92. The van der Waals surface area contributed by atoms with Crippen LogP contribution in [0.5, 0.6) is 5.75 Å². The molecule has 1 aliphatic heterocycles. The van der Waals surface area contributed by atoms with Gasteiger partial charge in [-0.15, -0.1) is 0 Å². The van der Waals surface area contributed by atoms with E-state index >= 15 is 0 Å². The van der Waals surface area contributed by atoms with Crippen LogP contribution in [0, 0.1) is 19.7 Å². The summed E-state index contributed by atoms with van der Waals surface area (Å²) < 4.78 is 21.7. The lowest BCUT2D eigenvalue weighted by atomic mass is 9.91. The van der Waals surface area contributed by atoms with Gasteiger partial charge in [0.25, 0.3) is 0 Å². The largest absolute Gasteiger partial charge is 0.490 e. The number of rotatable bonds is 4. The van der Waals surface area contributed by atoms with Crippen molar-refractivity contribution < 1.29 is 23.8 Å².